The van der Waals surface area contributed by atoms with Gasteiger partial charge in [0.15, 0.2) is 0 Å². The maximum Gasteiger partial charge on any atom is 0.240 e. The fraction of sp³-hybridized carbons (Fsp3) is 0.500. The number of hydrogen-bond donors (Lipinski definition) is 0. The van der Waals surface area contributed by atoms with E-state index in [0.717, 1.165) is 19.5 Å². The van der Waals surface area contributed by atoms with E-state index in [2.05, 4.69) is 18.2 Å². The molecule has 0 saturated carbocycles. The van der Waals surface area contributed by atoms with Crippen LogP contribution in [0.4, 0.5) is 0 Å². The molecule has 19 heavy (non-hydrogen) atoms. The van der Waals surface area contributed by atoms with E-state index in [-0.39, 0.29) is 11.8 Å². The van der Waals surface area contributed by atoms with E-state index in [1.807, 2.05) is 36.9 Å². The molecule has 1 fully saturated rings. The summed E-state index contributed by atoms with van der Waals surface area (Å²) in [6.45, 7) is 5.37. The molecular formula is C16H20N2O. The SMILES string of the molecule is CC(C)C(C#N)C(=O)N1CCC(c2ccccc2)C1. The van der Waals surface area contributed by atoms with Crippen LogP contribution in [0.3, 0.4) is 0 Å². The second-order valence-electron chi connectivity index (χ2n) is 5.53. The van der Waals surface area contributed by atoms with Crippen molar-refractivity contribution in [3.63, 3.8) is 0 Å². The second-order valence-corrected chi connectivity index (χ2v) is 5.53. The van der Waals surface area contributed by atoms with Gasteiger partial charge in [-0.1, -0.05) is 44.2 Å². The Kier molecular flexibility index (Phi) is 4.21. The van der Waals surface area contributed by atoms with Gasteiger partial charge in [-0.3, -0.25) is 4.79 Å². The van der Waals surface area contributed by atoms with Gasteiger partial charge >= 0.3 is 0 Å². The molecule has 1 heterocycles. The first-order valence-electron chi connectivity index (χ1n) is 6.87. The smallest absolute Gasteiger partial charge is 0.240 e. The summed E-state index contributed by atoms with van der Waals surface area (Å²) in [7, 11) is 0. The van der Waals surface area contributed by atoms with Gasteiger partial charge < -0.3 is 4.90 Å². The molecule has 100 valence electrons. The Morgan fingerprint density at radius 1 is 1.37 bits per heavy atom. The van der Waals surface area contributed by atoms with E-state index in [0.29, 0.717) is 5.92 Å². The fourth-order valence-corrected chi connectivity index (χ4v) is 2.64. The normalized spacial score (nSPS) is 20.3. The van der Waals surface area contributed by atoms with Crippen molar-refractivity contribution in [1.29, 1.82) is 5.26 Å². The number of carbonyl (C=O) groups excluding carboxylic acids is 1. The minimum Gasteiger partial charge on any atom is -0.341 e. The van der Waals surface area contributed by atoms with Gasteiger partial charge in [0.05, 0.1) is 6.07 Å². The Balaban J connectivity index is 2.03. The first-order valence-corrected chi connectivity index (χ1v) is 6.87. The van der Waals surface area contributed by atoms with Crippen molar-refractivity contribution in [1.82, 2.24) is 4.90 Å². The van der Waals surface area contributed by atoms with Crippen molar-refractivity contribution < 1.29 is 4.79 Å². The molecule has 1 aliphatic rings. The van der Waals surface area contributed by atoms with Crippen LogP contribution >= 0.6 is 0 Å². The molecule has 1 aliphatic heterocycles. The summed E-state index contributed by atoms with van der Waals surface area (Å²) in [6, 6.07) is 12.4. The molecule has 3 nitrogen and oxygen atoms in total. The molecule has 0 radical (unpaired) electrons. The highest BCUT2D eigenvalue weighted by molar-refractivity contribution is 5.81. The van der Waals surface area contributed by atoms with Crippen LogP contribution < -0.4 is 0 Å². The molecular weight excluding hydrogens is 236 g/mol. The average molecular weight is 256 g/mol. The summed E-state index contributed by atoms with van der Waals surface area (Å²) in [5, 5.41) is 9.11. The molecule has 0 N–H and O–H groups in total. The number of nitriles is 1. The Morgan fingerprint density at radius 3 is 2.63 bits per heavy atom. The zero-order valence-corrected chi connectivity index (χ0v) is 11.5. The van der Waals surface area contributed by atoms with Gasteiger partial charge in [0.25, 0.3) is 0 Å². The fourth-order valence-electron chi connectivity index (χ4n) is 2.64. The molecule has 1 aromatic carbocycles. The maximum atomic E-state index is 12.3. The summed E-state index contributed by atoms with van der Waals surface area (Å²) in [4.78, 5) is 14.2. The van der Waals surface area contributed by atoms with Gasteiger partial charge in [-0.25, -0.2) is 0 Å². The monoisotopic (exact) mass is 256 g/mol. The third-order valence-corrected chi connectivity index (χ3v) is 3.84. The van der Waals surface area contributed by atoms with Crippen LogP contribution in [0.5, 0.6) is 0 Å². The molecule has 0 aromatic heterocycles. The van der Waals surface area contributed by atoms with Crippen LogP contribution in [0, 0.1) is 23.2 Å². The maximum absolute atomic E-state index is 12.3. The van der Waals surface area contributed by atoms with Crippen LogP contribution in [0.2, 0.25) is 0 Å². The van der Waals surface area contributed by atoms with Gasteiger partial charge in [0, 0.05) is 19.0 Å². The van der Waals surface area contributed by atoms with Crippen molar-refractivity contribution in [3.05, 3.63) is 35.9 Å². The Bertz CT molecular complexity index is 475. The summed E-state index contributed by atoms with van der Waals surface area (Å²) >= 11 is 0. The predicted molar refractivity (Wildman–Crippen MR) is 74.3 cm³/mol. The molecule has 2 atom stereocenters. The Labute approximate surface area is 114 Å². The van der Waals surface area contributed by atoms with Gasteiger partial charge in [-0.15, -0.1) is 0 Å². The van der Waals surface area contributed by atoms with Crippen LogP contribution in [0.1, 0.15) is 31.7 Å². The lowest BCUT2D eigenvalue weighted by molar-refractivity contribution is -0.133. The van der Waals surface area contributed by atoms with Gasteiger partial charge in [0.1, 0.15) is 5.92 Å². The number of amides is 1. The van der Waals surface area contributed by atoms with E-state index in [1.54, 1.807) is 0 Å². The minimum atomic E-state index is -0.505. The van der Waals surface area contributed by atoms with Crippen molar-refractivity contribution >= 4 is 5.91 Å². The molecule has 1 saturated heterocycles. The van der Waals surface area contributed by atoms with E-state index >= 15 is 0 Å². The van der Waals surface area contributed by atoms with Gasteiger partial charge in [-0.05, 0) is 17.9 Å². The number of hydrogen-bond acceptors (Lipinski definition) is 2. The second kappa shape index (κ2) is 5.88. The molecule has 1 aromatic rings. The Morgan fingerprint density at radius 2 is 2.05 bits per heavy atom. The predicted octanol–water partition coefficient (Wildman–Crippen LogP) is 2.80. The van der Waals surface area contributed by atoms with Crippen molar-refractivity contribution in [3.8, 4) is 6.07 Å². The van der Waals surface area contributed by atoms with Crippen LogP contribution in [-0.2, 0) is 4.79 Å². The van der Waals surface area contributed by atoms with Gasteiger partial charge in [0.2, 0.25) is 5.91 Å². The topological polar surface area (TPSA) is 44.1 Å². The van der Waals surface area contributed by atoms with E-state index in [4.69, 9.17) is 5.26 Å². The Hall–Kier alpha value is -1.82. The quantitative estimate of drug-likeness (QED) is 0.834. The molecule has 2 unspecified atom stereocenters. The van der Waals surface area contributed by atoms with Gasteiger partial charge in [-0.2, -0.15) is 5.26 Å². The summed E-state index contributed by atoms with van der Waals surface area (Å²) in [5.41, 5.74) is 1.29. The van der Waals surface area contributed by atoms with Crippen LogP contribution in [0.15, 0.2) is 30.3 Å². The lowest BCUT2D eigenvalue weighted by Crippen LogP contribution is -2.35. The number of carbonyl (C=O) groups is 1. The molecule has 3 heteroatoms. The summed E-state index contributed by atoms with van der Waals surface area (Å²) in [6.07, 6.45) is 0.992. The van der Waals surface area contributed by atoms with Crippen molar-refractivity contribution in [2.45, 2.75) is 26.2 Å². The molecule has 1 amide bonds. The standard InChI is InChI=1S/C16H20N2O/c1-12(2)15(10-17)16(19)18-9-8-14(11-18)13-6-4-3-5-7-13/h3-7,12,14-15H,8-9,11H2,1-2H3. The highest BCUT2D eigenvalue weighted by atomic mass is 16.2. The number of likely N-dealkylation sites (tertiary alicyclic amines) is 1. The third kappa shape index (κ3) is 2.96. The van der Waals surface area contributed by atoms with Crippen LogP contribution in [0.25, 0.3) is 0 Å². The summed E-state index contributed by atoms with van der Waals surface area (Å²) in [5.74, 6) is -0.0182. The molecule has 0 aliphatic carbocycles. The van der Waals surface area contributed by atoms with E-state index < -0.39 is 5.92 Å². The zero-order chi connectivity index (χ0) is 13.8. The summed E-state index contributed by atoms with van der Waals surface area (Å²) < 4.78 is 0. The van der Waals surface area contributed by atoms with Crippen LogP contribution in [-0.4, -0.2) is 23.9 Å². The highest BCUT2D eigenvalue weighted by Gasteiger charge is 2.32. The van der Waals surface area contributed by atoms with Crippen molar-refractivity contribution in [2.75, 3.05) is 13.1 Å². The lowest BCUT2D eigenvalue weighted by atomic mass is 9.96. The van der Waals surface area contributed by atoms with E-state index in [1.165, 1.54) is 5.56 Å². The minimum absolute atomic E-state index is 0.00377. The highest BCUT2D eigenvalue weighted by Crippen LogP contribution is 2.28. The number of rotatable bonds is 3. The lowest BCUT2D eigenvalue weighted by Gasteiger charge is -2.21. The number of nitrogens with zero attached hydrogens (tertiary/aromatic N) is 2. The average Bonchev–Trinajstić information content (AvgIpc) is 2.89. The first-order chi connectivity index (χ1) is 9.13. The first kappa shape index (κ1) is 13.6. The molecule has 2 rings (SSSR count). The van der Waals surface area contributed by atoms with Crippen molar-refractivity contribution in [2.24, 2.45) is 11.8 Å². The largest absolute Gasteiger partial charge is 0.341 e. The number of benzene rings is 1. The molecule has 0 spiro atoms. The third-order valence-electron chi connectivity index (χ3n) is 3.84. The zero-order valence-electron chi connectivity index (χ0n) is 11.5. The van der Waals surface area contributed by atoms with E-state index in [9.17, 15) is 4.79 Å². The molecule has 0 bridgehead atoms.